The van der Waals surface area contributed by atoms with Gasteiger partial charge in [-0.15, -0.1) is 0 Å². The number of benzene rings is 2. The fourth-order valence-corrected chi connectivity index (χ4v) is 3.32. The predicted molar refractivity (Wildman–Crippen MR) is 101 cm³/mol. The highest BCUT2D eigenvalue weighted by Gasteiger charge is 2.23. The molecule has 0 fully saturated rings. The zero-order chi connectivity index (χ0) is 17.8. The van der Waals surface area contributed by atoms with E-state index in [1.807, 2.05) is 42.5 Å². The molecule has 0 radical (unpaired) electrons. The summed E-state index contributed by atoms with van der Waals surface area (Å²) >= 11 is 0. The van der Waals surface area contributed by atoms with E-state index < -0.39 is 0 Å². The van der Waals surface area contributed by atoms with Crippen LogP contribution in [0.4, 0.5) is 0 Å². The normalized spacial score (nSPS) is 15.5. The molecule has 128 valence electrons. The molecule has 4 rings (SSSR count). The van der Waals surface area contributed by atoms with Gasteiger partial charge >= 0.3 is 0 Å². The highest BCUT2D eigenvalue weighted by molar-refractivity contribution is 5.91. The van der Waals surface area contributed by atoms with Crippen molar-refractivity contribution in [3.8, 4) is 11.8 Å². The van der Waals surface area contributed by atoms with Gasteiger partial charge in [-0.2, -0.15) is 0 Å². The summed E-state index contributed by atoms with van der Waals surface area (Å²) in [6.07, 6.45) is 3.10. The first-order valence-electron chi connectivity index (χ1n) is 8.85. The first-order chi connectivity index (χ1) is 12.8. The molecule has 1 aromatic heterocycles. The standard InChI is InChI=1S/C23H19NO2/c25-23(24-21-12-6-10-18-9-4-5-11-20(18)21)22-16-15-19(26-22)14-13-17-7-2-1-3-8-17/h1-5,7-9,11,15-16,21H,6,10,12H2,(H,24,25). The molecule has 1 unspecified atom stereocenters. The van der Waals surface area contributed by atoms with Crippen molar-refractivity contribution in [1.29, 1.82) is 0 Å². The lowest BCUT2D eigenvalue weighted by molar-refractivity contribution is 0.0904. The Balaban J connectivity index is 1.47. The van der Waals surface area contributed by atoms with Gasteiger partial charge in [0.1, 0.15) is 0 Å². The fraction of sp³-hybridized carbons (Fsp3) is 0.174. The Labute approximate surface area is 153 Å². The van der Waals surface area contributed by atoms with E-state index in [1.54, 1.807) is 12.1 Å². The maximum atomic E-state index is 12.6. The Morgan fingerprint density at radius 2 is 1.77 bits per heavy atom. The van der Waals surface area contributed by atoms with Crippen molar-refractivity contribution < 1.29 is 9.21 Å². The van der Waals surface area contributed by atoms with Crippen LogP contribution in [0, 0.1) is 11.8 Å². The second kappa shape index (κ2) is 7.33. The van der Waals surface area contributed by atoms with Crippen molar-refractivity contribution in [2.24, 2.45) is 0 Å². The van der Waals surface area contributed by atoms with Crippen molar-refractivity contribution in [2.75, 3.05) is 0 Å². The van der Waals surface area contributed by atoms with Crippen LogP contribution in [0.25, 0.3) is 0 Å². The average molecular weight is 341 g/mol. The lowest BCUT2D eigenvalue weighted by atomic mass is 9.88. The summed E-state index contributed by atoms with van der Waals surface area (Å²) in [7, 11) is 0. The Hall–Kier alpha value is -3.25. The molecule has 3 nitrogen and oxygen atoms in total. The third-order valence-corrected chi connectivity index (χ3v) is 4.61. The largest absolute Gasteiger partial charge is 0.443 e. The van der Waals surface area contributed by atoms with E-state index in [0.29, 0.717) is 11.5 Å². The number of rotatable bonds is 2. The van der Waals surface area contributed by atoms with Gasteiger partial charge in [0.15, 0.2) is 11.5 Å². The van der Waals surface area contributed by atoms with Crippen LogP contribution in [0.1, 0.15) is 51.9 Å². The van der Waals surface area contributed by atoms with Gasteiger partial charge in [-0.1, -0.05) is 48.4 Å². The van der Waals surface area contributed by atoms with Crippen LogP contribution >= 0.6 is 0 Å². The van der Waals surface area contributed by atoms with Crippen LogP contribution in [-0.4, -0.2) is 5.91 Å². The van der Waals surface area contributed by atoms with Crippen molar-refractivity contribution in [1.82, 2.24) is 5.32 Å². The molecular weight excluding hydrogens is 322 g/mol. The monoisotopic (exact) mass is 341 g/mol. The van der Waals surface area contributed by atoms with Crippen LogP contribution in [0.15, 0.2) is 71.1 Å². The number of carbonyl (C=O) groups excluding carboxylic acids is 1. The Bertz CT molecular complexity index is 976. The zero-order valence-corrected chi connectivity index (χ0v) is 14.4. The Morgan fingerprint density at radius 3 is 2.65 bits per heavy atom. The summed E-state index contributed by atoms with van der Waals surface area (Å²) < 4.78 is 5.61. The van der Waals surface area contributed by atoms with Crippen LogP contribution in [-0.2, 0) is 6.42 Å². The average Bonchev–Trinajstić information content (AvgIpc) is 3.17. The fourth-order valence-electron chi connectivity index (χ4n) is 3.32. The van der Waals surface area contributed by atoms with E-state index in [2.05, 4.69) is 29.3 Å². The van der Waals surface area contributed by atoms with E-state index in [-0.39, 0.29) is 11.9 Å². The summed E-state index contributed by atoms with van der Waals surface area (Å²) in [5, 5.41) is 3.10. The van der Waals surface area contributed by atoms with Crippen LogP contribution in [0.3, 0.4) is 0 Å². The summed E-state index contributed by atoms with van der Waals surface area (Å²) in [5.41, 5.74) is 3.44. The first-order valence-corrected chi connectivity index (χ1v) is 8.85. The minimum atomic E-state index is -0.195. The molecule has 1 N–H and O–H groups in total. The van der Waals surface area contributed by atoms with E-state index in [0.717, 1.165) is 24.8 Å². The number of nitrogens with one attached hydrogen (secondary N) is 1. The van der Waals surface area contributed by atoms with Crippen LogP contribution in [0.2, 0.25) is 0 Å². The topological polar surface area (TPSA) is 42.2 Å². The van der Waals surface area contributed by atoms with Gasteiger partial charge in [-0.05, 0) is 60.6 Å². The lowest BCUT2D eigenvalue weighted by Gasteiger charge is -2.25. The predicted octanol–water partition coefficient (Wildman–Crippen LogP) is 4.49. The second-order valence-electron chi connectivity index (χ2n) is 6.40. The highest BCUT2D eigenvalue weighted by Crippen LogP contribution is 2.29. The lowest BCUT2D eigenvalue weighted by Crippen LogP contribution is -2.30. The number of hydrogen-bond acceptors (Lipinski definition) is 2. The van der Waals surface area contributed by atoms with E-state index in [1.165, 1.54) is 11.1 Å². The molecule has 0 saturated carbocycles. The quantitative estimate of drug-likeness (QED) is 0.698. The molecule has 0 aliphatic heterocycles. The molecule has 2 aromatic carbocycles. The molecular formula is C23H19NO2. The van der Waals surface area contributed by atoms with Gasteiger partial charge in [-0.3, -0.25) is 4.79 Å². The van der Waals surface area contributed by atoms with E-state index >= 15 is 0 Å². The molecule has 1 aliphatic rings. The van der Waals surface area contributed by atoms with Gasteiger partial charge in [0.05, 0.1) is 6.04 Å². The molecule has 0 spiro atoms. The van der Waals surface area contributed by atoms with Gasteiger partial charge in [0.2, 0.25) is 0 Å². The number of amides is 1. The smallest absolute Gasteiger partial charge is 0.287 e. The van der Waals surface area contributed by atoms with Gasteiger partial charge < -0.3 is 9.73 Å². The SMILES string of the molecule is O=C(NC1CCCc2ccccc21)c1ccc(C#Cc2ccccc2)o1. The van der Waals surface area contributed by atoms with Crippen molar-refractivity contribution >= 4 is 5.91 Å². The minimum absolute atomic E-state index is 0.0383. The van der Waals surface area contributed by atoms with Gasteiger partial charge in [0.25, 0.3) is 5.91 Å². The first kappa shape index (κ1) is 16.2. The van der Waals surface area contributed by atoms with Crippen molar-refractivity contribution in [3.63, 3.8) is 0 Å². The van der Waals surface area contributed by atoms with Crippen molar-refractivity contribution in [3.05, 3.63) is 94.9 Å². The molecule has 3 heteroatoms. The molecule has 1 amide bonds. The second-order valence-corrected chi connectivity index (χ2v) is 6.40. The summed E-state index contributed by atoms with van der Waals surface area (Å²) in [6, 6.07) is 21.4. The molecule has 1 heterocycles. The number of fused-ring (bicyclic) bond motifs is 1. The molecule has 3 aromatic rings. The third kappa shape index (κ3) is 3.55. The minimum Gasteiger partial charge on any atom is -0.443 e. The van der Waals surface area contributed by atoms with Gasteiger partial charge in [-0.25, -0.2) is 0 Å². The molecule has 0 saturated heterocycles. The molecule has 0 bridgehead atoms. The summed E-state index contributed by atoms with van der Waals surface area (Å²) in [4.78, 5) is 12.6. The van der Waals surface area contributed by atoms with Crippen LogP contribution in [0.5, 0.6) is 0 Å². The zero-order valence-electron chi connectivity index (χ0n) is 14.4. The number of hydrogen-bond donors (Lipinski definition) is 1. The maximum absolute atomic E-state index is 12.6. The molecule has 1 atom stereocenters. The van der Waals surface area contributed by atoms with E-state index in [4.69, 9.17) is 4.42 Å². The van der Waals surface area contributed by atoms with Crippen LogP contribution < -0.4 is 5.32 Å². The maximum Gasteiger partial charge on any atom is 0.287 e. The molecule has 26 heavy (non-hydrogen) atoms. The van der Waals surface area contributed by atoms with Gasteiger partial charge in [0, 0.05) is 5.56 Å². The number of carbonyl (C=O) groups is 1. The summed E-state index contributed by atoms with van der Waals surface area (Å²) in [6.45, 7) is 0. The Kier molecular flexibility index (Phi) is 4.57. The van der Waals surface area contributed by atoms with E-state index in [9.17, 15) is 4.79 Å². The highest BCUT2D eigenvalue weighted by atomic mass is 16.3. The number of furan rings is 1. The third-order valence-electron chi connectivity index (χ3n) is 4.61. The number of aryl methyl sites for hydroxylation is 1. The van der Waals surface area contributed by atoms with Crippen molar-refractivity contribution in [2.45, 2.75) is 25.3 Å². The Morgan fingerprint density at radius 1 is 0.962 bits per heavy atom. The molecule has 1 aliphatic carbocycles. The summed E-state index contributed by atoms with van der Waals surface area (Å²) in [5.74, 6) is 6.58.